The lowest BCUT2D eigenvalue weighted by atomic mass is 10.2. The number of aryl methyl sites for hydroxylation is 1. The van der Waals surface area contributed by atoms with E-state index in [2.05, 4.69) is 9.97 Å². The van der Waals surface area contributed by atoms with Crippen molar-refractivity contribution in [2.24, 2.45) is 0 Å². The SMILES string of the molecule is Cc1nc(-c2cc3ccccc3o2)nc(N)c1C. The highest BCUT2D eigenvalue weighted by Gasteiger charge is 2.11. The van der Waals surface area contributed by atoms with E-state index in [-0.39, 0.29) is 0 Å². The van der Waals surface area contributed by atoms with Gasteiger partial charge in [0, 0.05) is 16.6 Å². The van der Waals surface area contributed by atoms with Crippen LogP contribution in [0.25, 0.3) is 22.6 Å². The van der Waals surface area contributed by atoms with Gasteiger partial charge in [-0.15, -0.1) is 0 Å². The average Bonchev–Trinajstić information content (AvgIpc) is 2.79. The molecule has 2 heterocycles. The summed E-state index contributed by atoms with van der Waals surface area (Å²) >= 11 is 0. The van der Waals surface area contributed by atoms with Gasteiger partial charge in [0.05, 0.1) is 0 Å². The number of anilines is 1. The first-order valence-electron chi connectivity index (χ1n) is 5.75. The highest BCUT2D eigenvalue weighted by atomic mass is 16.3. The van der Waals surface area contributed by atoms with E-state index in [0.29, 0.717) is 17.4 Å². The molecule has 18 heavy (non-hydrogen) atoms. The van der Waals surface area contributed by atoms with Crippen molar-refractivity contribution in [3.05, 3.63) is 41.6 Å². The van der Waals surface area contributed by atoms with Gasteiger partial charge in [-0.1, -0.05) is 18.2 Å². The van der Waals surface area contributed by atoms with Gasteiger partial charge >= 0.3 is 0 Å². The number of benzene rings is 1. The van der Waals surface area contributed by atoms with Crippen molar-refractivity contribution in [1.29, 1.82) is 0 Å². The van der Waals surface area contributed by atoms with Crippen LogP contribution in [0.2, 0.25) is 0 Å². The fourth-order valence-electron chi connectivity index (χ4n) is 1.85. The summed E-state index contributed by atoms with van der Waals surface area (Å²) in [6.45, 7) is 3.83. The van der Waals surface area contributed by atoms with Gasteiger partial charge in [-0.25, -0.2) is 9.97 Å². The number of hydrogen-bond acceptors (Lipinski definition) is 4. The Labute approximate surface area is 104 Å². The van der Waals surface area contributed by atoms with Crippen LogP contribution in [0.1, 0.15) is 11.3 Å². The lowest BCUT2D eigenvalue weighted by molar-refractivity contribution is 0.625. The van der Waals surface area contributed by atoms with Gasteiger partial charge in [-0.05, 0) is 26.0 Å². The van der Waals surface area contributed by atoms with Gasteiger partial charge in [0.15, 0.2) is 11.6 Å². The Morgan fingerprint density at radius 3 is 2.61 bits per heavy atom. The van der Waals surface area contributed by atoms with Crippen LogP contribution in [-0.4, -0.2) is 9.97 Å². The molecule has 2 aromatic heterocycles. The van der Waals surface area contributed by atoms with Crippen LogP contribution in [0.3, 0.4) is 0 Å². The quantitative estimate of drug-likeness (QED) is 0.708. The zero-order valence-corrected chi connectivity index (χ0v) is 10.3. The Morgan fingerprint density at radius 1 is 1.11 bits per heavy atom. The molecule has 4 heteroatoms. The van der Waals surface area contributed by atoms with Gasteiger partial charge in [0.25, 0.3) is 0 Å². The minimum absolute atomic E-state index is 0.498. The number of furan rings is 1. The van der Waals surface area contributed by atoms with Crippen LogP contribution in [0.4, 0.5) is 5.82 Å². The van der Waals surface area contributed by atoms with Crippen molar-refractivity contribution in [3.63, 3.8) is 0 Å². The van der Waals surface area contributed by atoms with E-state index in [9.17, 15) is 0 Å². The Kier molecular flexibility index (Phi) is 2.30. The molecule has 0 amide bonds. The number of rotatable bonds is 1. The summed E-state index contributed by atoms with van der Waals surface area (Å²) in [4.78, 5) is 8.69. The number of hydrogen-bond donors (Lipinski definition) is 1. The van der Waals surface area contributed by atoms with E-state index >= 15 is 0 Å². The summed E-state index contributed by atoms with van der Waals surface area (Å²) in [6.07, 6.45) is 0. The van der Waals surface area contributed by atoms with Crippen molar-refractivity contribution in [3.8, 4) is 11.6 Å². The first-order chi connectivity index (χ1) is 8.65. The lowest BCUT2D eigenvalue weighted by Gasteiger charge is -2.04. The zero-order valence-electron chi connectivity index (χ0n) is 10.3. The molecule has 3 aromatic rings. The van der Waals surface area contributed by atoms with Gasteiger partial charge in [0.2, 0.25) is 0 Å². The lowest BCUT2D eigenvalue weighted by Crippen LogP contribution is -2.01. The second kappa shape index (κ2) is 3.84. The van der Waals surface area contributed by atoms with E-state index < -0.39 is 0 Å². The highest BCUT2D eigenvalue weighted by molar-refractivity contribution is 5.81. The second-order valence-electron chi connectivity index (χ2n) is 4.29. The topological polar surface area (TPSA) is 64.9 Å². The second-order valence-corrected chi connectivity index (χ2v) is 4.29. The van der Waals surface area contributed by atoms with Gasteiger partial charge < -0.3 is 10.2 Å². The predicted octanol–water partition coefficient (Wildman–Crippen LogP) is 3.09. The minimum Gasteiger partial charge on any atom is -0.453 e. The molecule has 0 saturated heterocycles. The molecular weight excluding hydrogens is 226 g/mol. The summed E-state index contributed by atoms with van der Waals surface area (Å²) in [6, 6.07) is 9.75. The summed E-state index contributed by atoms with van der Waals surface area (Å²) in [7, 11) is 0. The number of nitrogen functional groups attached to an aromatic ring is 1. The third-order valence-electron chi connectivity index (χ3n) is 3.07. The zero-order chi connectivity index (χ0) is 12.7. The number of fused-ring (bicyclic) bond motifs is 1. The number of nitrogens with two attached hydrogens (primary N) is 1. The minimum atomic E-state index is 0.498. The smallest absolute Gasteiger partial charge is 0.197 e. The fraction of sp³-hybridized carbons (Fsp3) is 0.143. The molecule has 2 N–H and O–H groups in total. The van der Waals surface area contributed by atoms with Crippen LogP contribution in [-0.2, 0) is 0 Å². The van der Waals surface area contributed by atoms with Crippen LogP contribution in [0.15, 0.2) is 34.7 Å². The van der Waals surface area contributed by atoms with Crippen molar-refractivity contribution in [1.82, 2.24) is 9.97 Å². The fourth-order valence-corrected chi connectivity index (χ4v) is 1.85. The Morgan fingerprint density at radius 2 is 1.89 bits per heavy atom. The van der Waals surface area contributed by atoms with Crippen molar-refractivity contribution in [2.45, 2.75) is 13.8 Å². The Bertz CT molecular complexity index is 675. The van der Waals surface area contributed by atoms with Crippen molar-refractivity contribution < 1.29 is 4.42 Å². The molecule has 0 saturated carbocycles. The first-order valence-corrected chi connectivity index (χ1v) is 5.75. The summed E-state index contributed by atoms with van der Waals surface area (Å²) in [5.41, 5.74) is 8.47. The molecule has 0 aliphatic carbocycles. The third kappa shape index (κ3) is 1.62. The Balaban J connectivity index is 2.20. The summed E-state index contributed by atoms with van der Waals surface area (Å²) in [5.74, 6) is 1.68. The summed E-state index contributed by atoms with van der Waals surface area (Å²) in [5, 5.41) is 1.04. The largest absolute Gasteiger partial charge is 0.453 e. The van der Waals surface area contributed by atoms with Crippen LogP contribution in [0, 0.1) is 13.8 Å². The van der Waals surface area contributed by atoms with Crippen LogP contribution in [0.5, 0.6) is 0 Å². The molecule has 3 rings (SSSR count). The maximum absolute atomic E-state index is 5.86. The third-order valence-corrected chi connectivity index (χ3v) is 3.07. The molecule has 0 spiro atoms. The molecule has 1 aromatic carbocycles. The molecule has 0 aliphatic rings. The molecule has 90 valence electrons. The van der Waals surface area contributed by atoms with E-state index in [1.807, 2.05) is 44.2 Å². The molecular formula is C14H13N3O. The monoisotopic (exact) mass is 239 g/mol. The van der Waals surface area contributed by atoms with Crippen LogP contribution < -0.4 is 5.73 Å². The Hall–Kier alpha value is -2.36. The average molecular weight is 239 g/mol. The van der Waals surface area contributed by atoms with Gasteiger partial charge in [-0.3, -0.25) is 0 Å². The molecule has 0 bridgehead atoms. The molecule has 0 fully saturated rings. The van der Waals surface area contributed by atoms with Crippen LogP contribution >= 0.6 is 0 Å². The first kappa shape index (κ1) is 10.8. The number of para-hydroxylation sites is 1. The number of nitrogens with zero attached hydrogens (tertiary/aromatic N) is 2. The van der Waals surface area contributed by atoms with E-state index in [4.69, 9.17) is 10.2 Å². The maximum Gasteiger partial charge on any atom is 0.197 e. The van der Waals surface area contributed by atoms with Crippen molar-refractivity contribution in [2.75, 3.05) is 5.73 Å². The van der Waals surface area contributed by atoms with Gasteiger partial charge in [0.1, 0.15) is 11.4 Å². The maximum atomic E-state index is 5.86. The van der Waals surface area contributed by atoms with Crippen molar-refractivity contribution >= 4 is 16.8 Å². The van der Waals surface area contributed by atoms with E-state index in [0.717, 1.165) is 22.2 Å². The molecule has 0 aliphatic heterocycles. The van der Waals surface area contributed by atoms with E-state index in [1.165, 1.54) is 0 Å². The normalized spacial score (nSPS) is 11.0. The molecule has 0 radical (unpaired) electrons. The molecule has 0 unspecified atom stereocenters. The molecule has 4 nitrogen and oxygen atoms in total. The van der Waals surface area contributed by atoms with E-state index in [1.54, 1.807) is 0 Å². The highest BCUT2D eigenvalue weighted by Crippen LogP contribution is 2.26. The predicted molar refractivity (Wildman–Crippen MR) is 71.1 cm³/mol. The number of aromatic nitrogens is 2. The van der Waals surface area contributed by atoms with Gasteiger partial charge in [-0.2, -0.15) is 0 Å². The standard InChI is InChI=1S/C14H13N3O/c1-8-9(2)16-14(17-13(8)15)12-7-10-5-3-4-6-11(10)18-12/h3-7H,1-2H3,(H2,15,16,17). The summed E-state index contributed by atoms with van der Waals surface area (Å²) < 4.78 is 5.72. The molecule has 0 atom stereocenters.